The van der Waals surface area contributed by atoms with Crippen LogP contribution in [0.15, 0.2) is 109 Å². The lowest BCUT2D eigenvalue weighted by Crippen LogP contribution is -2.54. The molecular weight excluding hydrogens is 841 g/mol. The molecule has 2 aliphatic rings. The molecule has 0 spiro atoms. The van der Waals surface area contributed by atoms with Crippen LogP contribution in [0.5, 0.6) is 0 Å². The van der Waals surface area contributed by atoms with Crippen LogP contribution in [-0.2, 0) is 0 Å². The van der Waals surface area contributed by atoms with Gasteiger partial charge in [0.2, 0.25) is 0 Å². The molecule has 8 rings (SSSR count). The summed E-state index contributed by atoms with van der Waals surface area (Å²) in [5, 5.41) is 24.6. The highest BCUT2D eigenvalue weighted by Crippen LogP contribution is 2.31. The van der Waals surface area contributed by atoms with Gasteiger partial charge in [-0.1, -0.05) is 127 Å². The largest absolute Gasteiger partial charge is 0.349 e. The maximum Gasteiger partial charge on any atom is 0.253 e. The minimum atomic E-state index is -0.407. The molecule has 62 heavy (non-hydrogen) atoms. The van der Waals surface area contributed by atoms with Crippen molar-refractivity contribution in [2.45, 2.75) is 72.6 Å². The first-order chi connectivity index (χ1) is 29.8. The van der Waals surface area contributed by atoms with Gasteiger partial charge < -0.3 is 20.0 Å². The van der Waals surface area contributed by atoms with E-state index in [9.17, 15) is 9.59 Å². The molecule has 6 aromatic rings. The summed E-state index contributed by atoms with van der Waals surface area (Å²) in [6.07, 6.45) is 0. The van der Waals surface area contributed by atoms with Crippen molar-refractivity contribution >= 4 is 79.1 Å². The monoisotopic (exact) mass is 897 g/mol. The number of hydrogen-bond acceptors (Lipinski definition) is 10. The predicted molar refractivity (Wildman–Crippen MR) is 257 cm³/mol. The summed E-state index contributed by atoms with van der Waals surface area (Å²) in [7, 11) is 0. The van der Waals surface area contributed by atoms with Gasteiger partial charge in [0.1, 0.15) is 0 Å². The highest BCUT2D eigenvalue weighted by molar-refractivity contribution is 6.67. The number of aromatic nitrogens is 4. The third-order valence-electron chi connectivity index (χ3n) is 10.9. The predicted octanol–water partition coefficient (Wildman–Crippen LogP) is 9.91. The Hall–Kier alpha value is -4.91. The van der Waals surface area contributed by atoms with E-state index in [1.165, 1.54) is 0 Å². The van der Waals surface area contributed by atoms with Gasteiger partial charge in [0, 0.05) is 96.1 Å². The van der Waals surface area contributed by atoms with Crippen LogP contribution in [0.2, 0.25) is 10.3 Å². The molecular formula is C48H58Cl3N9O2. The summed E-state index contributed by atoms with van der Waals surface area (Å²) in [6.45, 7) is 21.5. The second-order valence-electron chi connectivity index (χ2n) is 15.8. The number of amides is 1. The van der Waals surface area contributed by atoms with Crippen molar-refractivity contribution in [2.24, 2.45) is 0 Å². The summed E-state index contributed by atoms with van der Waals surface area (Å²) in [6, 6.07) is 36.0. The number of benzene rings is 4. The quantitative estimate of drug-likeness (QED) is 0.156. The van der Waals surface area contributed by atoms with Crippen molar-refractivity contribution in [3.8, 4) is 0 Å². The molecule has 1 N–H and O–H groups in total. The lowest BCUT2D eigenvalue weighted by atomic mass is 10.1. The molecule has 1 amide bonds. The van der Waals surface area contributed by atoms with Crippen LogP contribution >= 0.6 is 34.8 Å². The molecule has 2 saturated heterocycles. The number of rotatable bonds is 7. The second-order valence-corrected chi connectivity index (χ2v) is 16.8. The molecule has 0 saturated carbocycles. The summed E-state index contributed by atoms with van der Waals surface area (Å²) in [5.41, 5.74) is 1.27. The fourth-order valence-corrected chi connectivity index (χ4v) is 8.34. The van der Waals surface area contributed by atoms with Crippen molar-refractivity contribution in [3.05, 3.63) is 131 Å². The number of carbonyl (C=O) groups is 2. The van der Waals surface area contributed by atoms with E-state index in [2.05, 4.69) is 94.9 Å². The van der Waals surface area contributed by atoms with Crippen LogP contribution in [0.1, 0.15) is 69.2 Å². The van der Waals surface area contributed by atoms with E-state index in [0.717, 1.165) is 64.9 Å². The Balaban J connectivity index is 0.000000174. The zero-order valence-electron chi connectivity index (χ0n) is 36.7. The van der Waals surface area contributed by atoms with E-state index in [4.69, 9.17) is 34.8 Å². The average Bonchev–Trinajstić information content (AvgIpc) is 3.28. The van der Waals surface area contributed by atoms with Crippen molar-refractivity contribution in [3.63, 3.8) is 0 Å². The van der Waals surface area contributed by atoms with Gasteiger partial charge in [-0.25, -0.2) is 0 Å². The molecule has 328 valence electrons. The molecule has 0 unspecified atom stereocenters. The normalized spacial score (nSPS) is 16.3. The number of halogens is 3. The van der Waals surface area contributed by atoms with Gasteiger partial charge in [-0.3, -0.25) is 14.5 Å². The first-order valence-corrected chi connectivity index (χ1v) is 22.4. The standard InChI is InChI=1S/C20H19ClN4O.C13H15ClN4.C8H19N.C7H5ClO/c1-14-13-24(20(26)15-7-3-2-4-8-15)11-12-25(14)19-17-10-6-5-9-16(17)18(21)22-23-19;1-9-8-15-6-7-18(9)13-11-5-3-2-4-10(11)12(14)16-17-13;1-6-9(7(2)3)8(4)5;8-7(9)6-4-2-1-3-5-6/h2-10,14H,11-13H2,1H3;2-5,9,15H,6-8H2,1H3;7-8H,6H2,1-5H3;1-5H/t14-;9-;;/m11../s1. The molecule has 2 fully saturated rings. The van der Waals surface area contributed by atoms with E-state index in [-0.39, 0.29) is 11.9 Å². The summed E-state index contributed by atoms with van der Waals surface area (Å²) >= 11 is 17.5. The topological polar surface area (TPSA) is 111 Å². The van der Waals surface area contributed by atoms with Crippen molar-refractivity contribution in [1.29, 1.82) is 0 Å². The van der Waals surface area contributed by atoms with E-state index in [0.29, 0.717) is 53.6 Å². The van der Waals surface area contributed by atoms with Gasteiger partial charge in [-0.15, -0.1) is 20.4 Å². The highest BCUT2D eigenvalue weighted by Gasteiger charge is 2.29. The van der Waals surface area contributed by atoms with E-state index >= 15 is 0 Å². The van der Waals surface area contributed by atoms with Crippen molar-refractivity contribution < 1.29 is 9.59 Å². The summed E-state index contributed by atoms with van der Waals surface area (Å²) < 4.78 is 0. The van der Waals surface area contributed by atoms with E-state index in [1.807, 2.05) is 83.8 Å². The first kappa shape index (κ1) is 48.1. The number of anilines is 2. The fourth-order valence-electron chi connectivity index (χ4n) is 7.81. The number of nitrogens with one attached hydrogen (secondary N) is 1. The van der Waals surface area contributed by atoms with Gasteiger partial charge in [0.25, 0.3) is 11.1 Å². The Morgan fingerprint density at radius 2 is 1.10 bits per heavy atom. The molecule has 0 bridgehead atoms. The highest BCUT2D eigenvalue weighted by atomic mass is 35.5. The molecule has 4 aromatic carbocycles. The van der Waals surface area contributed by atoms with Crippen molar-refractivity contribution in [2.75, 3.05) is 55.6 Å². The van der Waals surface area contributed by atoms with Crippen LogP contribution in [-0.4, -0.2) is 111 Å². The number of fused-ring (bicyclic) bond motifs is 2. The SMILES string of the molecule is CCN(C(C)C)C(C)C.C[C@@H]1CN(C(=O)c2ccccc2)CCN1c1nnc(Cl)c2ccccc12.C[C@@H]1CNCCN1c1nnc(Cl)c2ccccc12.O=C(Cl)c1ccccc1. The molecule has 2 aliphatic heterocycles. The molecule has 0 aliphatic carbocycles. The summed E-state index contributed by atoms with van der Waals surface area (Å²) in [4.78, 5) is 32.0. The molecule has 4 heterocycles. The maximum atomic E-state index is 12.7. The van der Waals surface area contributed by atoms with Gasteiger partial charge in [0.05, 0.1) is 0 Å². The van der Waals surface area contributed by atoms with Crippen LogP contribution in [0.3, 0.4) is 0 Å². The molecule has 2 atom stereocenters. The average molecular weight is 899 g/mol. The lowest BCUT2D eigenvalue weighted by Gasteiger charge is -2.40. The molecule has 2 aromatic heterocycles. The number of nitrogens with zero attached hydrogens (tertiary/aromatic N) is 8. The van der Waals surface area contributed by atoms with E-state index < -0.39 is 5.24 Å². The smallest absolute Gasteiger partial charge is 0.253 e. The Labute approximate surface area is 381 Å². The van der Waals surface area contributed by atoms with Gasteiger partial charge in [-0.2, -0.15) is 0 Å². The van der Waals surface area contributed by atoms with Crippen molar-refractivity contribution in [1.82, 2.24) is 35.5 Å². The number of hydrogen-bond donors (Lipinski definition) is 1. The second kappa shape index (κ2) is 23.5. The molecule has 0 radical (unpaired) electrons. The Morgan fingerprint density at radius 1 is 0.645 bits per heavy atom. The molecule has 14 heteroatoms. The van der Waals surface area contributed by atoms with Crippen LogP contribution in [0, 0.1) is 0 Å². The lowest BCUT2D eigenvalue weighted by molar-refractivity contribution is 0.0726. The third kappa shape index (κ3) is 12.6. The number of carbonyl (C=O) groups excluding carboxylic acids is 2. The number of piperazine rings is 2. The van der Waals surface area contributed by atoms with Gasteiger partial charge >= 0.3 is 0 Å². The minimum absolute atomic E-state index is 0.0733. The zero-order valence-corrected chi connectivity index (χ0v) is 38.9. The van der Waals surface area contributed by atoms with Gasteiger partial charge in [0.15, 0.2) is 21.9 Å². The third-order valence-corrected chi connectivity index (χ3v) is 11.7. The summed E-state index contributed by atoms with van der Waals surface area (Å²) in [5.74, 6) is 1.83. The molecule has 11 nitrogen and oxygen atoms in total. The zero-order chi connectivity index (χ0) is 44.8. The van der Waals surface area contributed by atoms with Crippen LogP contribution in [0.25, 0.3) is 21.5 Å². The first-order valence-electron chi connectivity index (χ1n) is 21.2. The van der Waals surface area contributed by atoms with Crippen LogP contribution < -0.4 is 15.1 Å². The Bertz CT molecular complexity index is 2350. The van der Waals surface area contributed by atoms with Crippen LogP contribution in [0.4, 0.5) is 11.6 Å². The maximum absolute atomic E-state index is 12.7. The van der Waals surface area contributed by atoms with Gasteiger partial charge in [-0.05, 0) is 71.8 Å². The Kier molecular flexibility index (Phi) is 18.3. The fraction of sp³-hybridized carbons (Fsp3) is 0.375. The Morgan fingerprint density at radius 3 is 1.50 bits per heavy atom. The van der Waals surface area contributed by atoms with E-state index in [1.54, 1.807) is 24.3 Å². The minimum Gasteiger partial charge on any atom is -0.349 e.